The Kier molecular flexibility index (Phi) is 6.63. The van der Waals surface area contributed by atoms with Crippen molar-refractivity contribution in [1.29, 1.82) is 0 Å². The molecule has 2 amide bonds. The second-order valence-corrected chi connectivity index (χ2v) is 5.55. The van der Waals surface area contributed by atoms with E-state index in [0.29, 0.717) is 28.6 Å². The van der Waals surface area contributed by atoms with Crippen LogP contribution in [0.1, 0.15) is 19.8 Å². The van der Waals surface area contributed by atoms with Crippen LogP contribution in [0, 0.1) is 0 Å². The molecule has 5 nitrogen and oxygen atoms in total. The number of carbonyl (C=O) groups is 2. The molecule has 2 N–H and O–H groups in total. The first-order valence-corrected chi connectivity index (χ1v) is 8.03. The van der Waals surface area contributed by atoms with Gasteiger partial charge in [0.2, 0.25) is 5.91 Å². The van der Waals surface area contributed by atoms with Gasteiger partial charge in [-0.15, -0.1) is 0 Å². The molecule has 0 aliphatic rings. The summed E-state index contributed by atoms with van der Waals surface area (Å²) in [6, 6.07) is 14.0. The molecule has 126 valence electrons. The number of ether oxygens (including phenoxy) is 1. The fraction of sp³-hybridized carbons (Fsp3) is 0.222. The minimum atomic E-state index is -0.335. The van der Waals surface area contributed by atoms with E-state index in [1.54, 1.807) is 30.3 Å². The Morgan fingerprint density at radius 2 is 1.79 bits per heavy atom. The number of amides is 2. The molecule has 0 saturated heterocycles. The van der Waals surface area contributed by atoms with Crippen molar-refractivity contribution >= 4 is 34.8 Å². The van der Waals surface area contributed by atoms with Gasteiger partial charge in [0.05, 0.1) is 10.7 Å². The van der Waals surface area contributed by atoms with Crippen molar-refractivity contribution in [2.75, 3.05) is 17.2 Å². The summed E-state index contributed by atoms with van der Waals surface area (Å²) in [5.41, 5.74) is 1.00. The van der Waals surface area contributed by atoms with Gasteiger partial charge in [-0.3, -0.25) is 9.59 Å². The number of carbonyl (C=O) groups excluding carboxylic acids is 2. The fourth-order valence-corrected chi connectivity index (χ4v) is 2.17. The quantitative estimate of drug-likeness (QED) is 0.793. The fourth-order valence-electron chi connectivity index (χ4n) is 2.00. The van der Waals surface area contributed by atoms with Gasteiger partial charge >= 0.3 is 0 Å². The van der Waals surface area contributed by atoms with Gasteiger partial charge in [0.25, 0.3) is 5.91 Å². The monoisotopic (exact) mass is 346 g/mol. The summed E-state index contributed by atoms with van der Waals surface area (Å²) in [7, 11) is 0. The lowest BCUT2D eigenvalue weighted by Crippen LogP contribution is -2.20. The number of benzene rings is 2. The van der Waals surface area contributed by atoms with Gasteiger partial charge < -0.3 is 15.4 Å². The number of hydrogen-bond donors (Lipinski definition) is 2. The summed E-state index contributed by atoms with van der Waals surface area (Å²) in [6.45, 7) is 1.80. The number of nitrogens with one attached hydrogen (secondary N) is 2. The zero-order valence-electron chi connectivity index (χ0n) is 13.3. The van der Waals surface area contributed by atoms with Crippen molar-refractivity contribution in [2.24, 2.45) is 0 Å². The number of halogens is 1. The summed E-state index contributed by atoms with van der Waals surface area (Å²) in [5.74, 6) is 0.196. The van der Waals surface area contributed by atoms with E-state index in [9.17, 15) is 9.59 Å². The number of para-hydroxylation sites is 1. The lowest BCUT2D eigenvalue weighted by molar-refractivity contribution is -0.118. The van der Waals surface area contributed by atoms with Crippen LogP contribution in [0.3, 0.4) is 0 Å². The van der Waals surface area contributed by atoms with E-state index in [0.717, 1.165) is 6.42 Å². The molecule has 0 spiro atoms. The Morgan fingerprint density at radius 1 is 1.04 bits per heavy atom. The van der Waals surface area contributed by atoms with Crippen molar-refractivity contribution in [2.45, 2.75) is 19.8 Å². The first-order chi connectivity index (χ1) is 11.6. The molecule has 0 radical (unpaired) electrons. The molecule has 0 fully saturated rings. The van der Waals surface area contributed by atoms with Gasteiger partial charge in [-0.1, -0.05) is 36.7 Å². The van der Waals surface area contributed by atoms with Crippen LogP contribution in [0.25, 0.3) is 0 Å². The lowest BCUT2D eigenvalue weighted by atomic mass is 10.2. The van der Waals surface area contributed by atoms with Gasteiger partial charge in [0.15, 0.2) is 6.61 Å². The summed E-state index contributed by atoms with van der Waals surface area (Å²) in [4.78, 5) is 23.6. The van der Waals surface area contributed by atoms with E-state index in [1.807, 2.05) is 25.1 Å². The predicted molar refractivity (Wildman–Crippen MR) is 95.6 cm³/mol. The molecule has 2 aromatic carbocycles. The smallest absolute Gasteiger partial charge is 0.262 e. The van der Waals surface area contributed by atoms with Gasteiger partial charge in [-0.05, 0) is 36.8 Å². The summed E-state index contributed by atoms with van der Waals surface area (Å²) < 4.78 is 5.38. The number of anilines is 2. The zero-order chi connectivity index (χ0) is 17.4. The molecule has 0 heterocycles. The number of rotatable bonds is 7. The van der Waals surface area contributed by atoms with Crippen LogP contribution in [0.4, 0.5) is 11.4 Å². The van der Waals surface area contributed by atoms with E-state index in [1.165, 1.54) is 0 Å². The standard InChI is InChI=1S/C18H19ClN2O3/c1-2-6-17(22)20-13-9-10-15(19)16(11-13)21-18(23)12-24-14-7-4-3-5-8-14/h3-5,7-11H,2,6,12H2,1H3,(H,20,22)(H,21,23). The third kappa shape index (κ3) is 5.59. The molecule has 24 heavy (non-hydrogen) atoms. The third-order valence-electron chi connectivity index (χ3n) is 3.11. The lowest BCUT2D eigenvalue weighted by Gasteiger charge is -2.11. The van der Waals surface area contributed by atoms with Crippen LogP contribution in [0.2, 0.25) is 5.02 Å². The summed E-state index contributed by atoms with van der Waals surface area (Å²) >= 11 is 6.09. The van der Waals surface area contributed by atoms with Gasteiger partial charge in [0.1, 0.15) is 5.75 Å². The Hall–Kier alpha value is -2.53. The van der Waals surface area contributed by atoms with Gasteiger partial charge in [-0.2, -0.15) is 0 Å². The average Bonchev–Trinajstić information content (AvgIpc) is 2.57. The zero-order valence-corrected chi connectivity index (χ0v) is 14.1. The molecule has 0 bridgehead atoms. The van der Waals surface area contributed by atoms with E-state index in [4.69, 9.17) is 16.3 Å². The second kappa shape index (κ2) is 8.93. The van der Waals surface area contributed by atoms with Crippen LogP contribution < -0.4 is 15.4 Å². The molecule has 6 heteroatoms. The van der Waals surface area contributed by atoms with Crippen LogP contribution in [0.5, 0.6) is 5.75 Å². The highest BCUT2D eigenvalue weighted by atomic mass is 35.5. The van der Waals surface area contributed by atoms with Crippen LogP contribution in [-0.4, -0.2) is 18.4 Å². The van der Waals surface area contributed by atoms with Crippen molar-refractivity contribution in [1.82, 2.24) is 0 Å². The second-order valence-electron chi connectivity index (χ2n) is 5.14. The number of hydrogen-bond acceptors (Lipinski definition) is 3. The predicted octanol–water partition coefficient (Wildman–Crippen LogP) is 4.10. The molecule has 0 unspecified atom stereocenters. The highest BCUT2D eigenvalue weighted by Crippen LogP contribution is 2.25. The highest BCUT2D eigenvalue weighted by molar-refractivity contribution is 6.33. The maximum Gasteiger partial charge on any atom is 0.262 e. The van der Waals surface area contributed by atoms with Crippen molar-refractivity contribution in [3.8, 4) is 5.75 Å². The van der Waals surface area contributed by atoms with Crippen LogP contribution in [0.15, 0.2) is 48.5 Å². The largest absolute Gasteiger partial charge is 0.484 e. The van der Waals surface area contributed by atoms with Crippen molar-refractivity contribution in [3.63, 3.8) is 0 Å². The van der Waals surface area contributed by atoms with Gasteiger partial charge in [-0.25, -0.2) is 0 Å². The molecule has 0 aliphatic carbocycles. The average molecular weight is 347 g/mol. The first kappa shape index (κ1) is 17.8. The van der Waals surface area contributed by atoms with Crippen molar-refractivity contribution in [3.05, 3.63) is 53.6 Å². The SMILES string of the molecule is CCCC(=O)Nc1ccc(Cl)c(NC(=O)COc2ccccc2)c1. The summed E-state index contributed by atoms with van der Waals surface area (Å²) in [6.07, 6.45) is 1.20. The molecule has 0 atom stereocenters. The Morgan fingerprint density at radius 3 is 2.50 bits per heavy atom. The summed E-state index contributed by atoms with van der Waals surface area (Å²) in [5, 5.41) is 5.83. The van der Waals surface area contributed by atoms with E-state index in [2.05, 4.69) is 10.6 Å². The topological polar surface area (TPSA) is 67.4 Å². The van der Waals surface area contributed by atoms with E-state index >= 15 is 0 Å². The minimum absolute atomic E-state index is 0.0792. The highest BCUT2D eigenvalue weighted by Gasteiger charge is 2.09. The Bertz CT molecular complexity index is 705. The van der Waals surface area contributed by atoms with E-state index in [-0.39, 0.29) is 18.4 Å². The minimum Gasteiger partial charge on any atom is -0.484 e. The van der Waals surface area contributed by atoms with Crippen LogP contribution >= 0.6 is 11.6 Å². The molecule has 2 rings (SSSR count). The molecule has 0 aromatic heterocycles. The maximum atomic E-state index is 12.0. The Balaban J connectivity index is 1.95. The first-order valence-electron chi connectivity index (χ1n) is 7.65. The Labute approximate surface area is 146 Å². The molecule has 0 aliphatic heterocycles. The molecular weight excluding hydrogens is 328 g/mol. The van der Waals surface area contributed by atoms with Crippen molar-refractivity contribution < 1.29 is 14.3 Å². The molecule has 2 aromatic rings. The third-order valence-corrected chi connectivity index (χ3v) is 3.44. The van der Waals surface area contributed by atoms with Gasteiger partial charge in [0, 0.05) is 12.1 Å². The molecular formula is C18H19ClN2O3. The normalized spacial score (nSPS) is 10.1. The maximum absolute atomic E-state index is 12.0. The molecule has 0 saturated carbocycles. The van der Waals surface area contributed by atoms with E-state index < -0.39 is 0 Å². The van der Waals surface area contributed by atoms with Crippen LogP contribution in [-0.2, 0) is 9.59 Å².